The predicted octanol–water partition coefficient (Wildman–Crippen LogP) is 4.95. The average molecular weight is 830 g/mol. The lowest BCUT2D eigenvalue weighted by Crippen LogP contribution is -2.60. The van der Waals surface area contributed by atoms with Gasteiger partial charge in [-0.15, -0.1) is 5.10 Å². The Labute approximate surface area is 344 Å². The fourth-order valence-electron chi connectivity index (χ4n) is 9.91. The van der Waals surface area contributed by atoms with E-state index in [0.29, 0.717) is 67.6 Å². The van der Waals surface area contributed by atoms with Crippen molar-refractivity contribution in [1.82, 2.24) is 34.7 Å². The van der Waals surface area contributed by atoms with Crippen LogP contribution >= 0.6 is 11.6 Å². The summed E-state index contributed by atoms with van der Waals surface area (Å²) < 4.78 is 33.6. The third-order valence-electron chi connectivity index (χ3n) is 13.3. The number of benzene rings is 1. The smallest absolute Gasteiger partial charge is 0.328 e. The molecule has 4 aromatic rings. The van der Waals surface area contributed by atoms with Gasteiger partial charge in [0.15, 0.2) is 11.5 Å². The number of urea groups is 1. The minimum atomic E-state index is -2.86. The number of imidazole rings is 1. The van der Waals surface area contributed by atoms with Crippen LogP contribution in [0.2, 0.25) is 5.02 Å². The minimum absolute atomic E-state index is 0.0175. The second-order valence-electron chi connectivity index (χ2n) is 16.7. The van der Waals surface area contributed by atoms with Crippen LogP contribution in [-0.4, -0.2) is 111 Å². The van der Waals surface area contributed by atoms with Gasteiger partial charge < -0.3 is 20.9 Å². The van der Waals surface area contributed by atoms with E-state index in [1.54, 1.807) is 18.9 Å². The molecule has 1 unspecified atom stereocenters. The van der Waals surface area contributed by atoms with Crippen molar-refractivity contribution in [3.8, 4) is 0 Å². The molecule has 1 saturated carbocycles. The highest BCUT2D eigenvalue weighted by molar-refractivity contribution is 6.34. The first-order valence-electron chi connectivity index (χ1n) is 20.2. The second kappa shape index (κ2) is 14.7. The van der Waals surface area contributed by atoms with Crippen molar-refractivity contribution >= 4 is 63.9 Å². The van der Waals surface area contributed by atoms with E-state index in [-0.39, 0.29) is 65.6 Å². The van der Waals surface area contributed by atoms with Crippen molar-refractivity contribution < 1.29 is 28.0 Å². The number of hydrogen-bond acceptors (Lipinski definition) is 10. The number of primary amides is 1. The largest absolute Gasteiger partial charge is 0.385 e. The number of nitrogens with zero attached hydrogens (tertiary/aromatic N) is 8. The van der Waals surface area contributed by atoms with E-state index >= 15 is 8.78 Å². The molecule has 310 valence electrons. The predicted molar refractivity (Wildman–Crippen MR) is 217 cm³/mol. The third-order valence-corrected chi connectivity index (χ3v) is 13.7. The number of pyridine rings is 1. The molecule has 1 atom stereocenters. The van der Waals surface area contributed by atoms with Crippen LogP contribution in [0.4, 0.5) is 36.5 Å². The number of aryl methyl sites for hydroxylation is 1. The molecule has 5 aliphatic rings. The number of imide groups is 1. The summed E-state index contributed by atoms with van der Waals surface area (Å²) in [7, 11) is 1.77. The monoisotopic (exact) mass is 829 g/mol. The number of piperidine rings is 2. The van der Waals surface area contributed by atoms with Gasteiger partial charge in [0, 0.05) is 63.4 Å². The molecule has 1 aromatic carbocycles. The van der Waals surface area contributed by atoms with Crippen LogP contribution in [0, 0.1) is 18.3 Å². The Balaban J connectivity index is 0.812. The molecule has 4 fully saturated rings. The highest BCUT2D eigenvalue weighted by Gasteiger charge is 2.53. The maximum absolute atomic E-state index is 16.1. The fraction of sp³-hybridized carbons (Fsp3) is 0.488. The lowest BCUT2D eigenvalue weighted by atomic mass is 9.59. The summed E-state index contributed by atoms with van der Waals surface area (Å²) in [4.78, 5) is 65.9. The maximum Gasteiger partial charge on any atom is 0.328 e. The quantitative estimate of drug-likeness (QED) is 0.221. The van der Waals surface area contributed by atoms with Crippen molar-refractivity contribution in [3.05, 3.63) is 69.8 Å². The fourth-order valence-corrected chi connectivity index (χ4v) is 10.1. The summed E-state index contributed by atoms with van der Waals surface area (Å²) in [5, 5.41) is 10.4. The Bertz CT molecular complexity index is 2390. The molecule has 3 aromatic heterocycles. The molecule has 1 spiro atoms. The van der Waals surface area contributed by atoms with E-state index in [4.69, 9.17) is 22.4 Å². The number of amides is 5. The number of anilines is 4. The average Bonchev–Trinajstić information content (AvgIpc) is 3.84. The van der Waals surface area contributed by atoms with Gasteiger partial charge in [-0.05, 0) is 87.1 Å². The number of likely N-dealkylation sites (tertiary alicyclic amines) is 2. The molecule has 18 heteroatoms. The molecule has 7 heterocycles. The zero-order valence-corrected chi connectivity index (χ0v) is 33.7. The van der Waals surface area contributed by atoms with Crippen LogP contribution < -0.4 is 26.2 Å². The van der Waals surface area contributed by atoms with Gasteiger partial charge >= 0.3 is 6.03 Å². The summed E-state index contributed by atoms with van der Waals surface area (Å²) in [5.41, 5.74) is 10.8. The first-order valence-corrected chi connectivity index (χ1v) is 20.6. The van der Waals surface area contributed by atoms with Crippen molar-refractivity contribution in [2.45, 2.75) is 70.3 Å². The second-order valence-corrected chi connectivity index (χ2v) is 17.1. The molecule has 15 nitrogen and oxygen atoms in total. The Morgan fingerprint density at radius 1 is 1.03 bits per heavy atom. The third kappa shape index (κ3) is 6.90. The van der Waals surface area contributed by atoms with E-state index in [1.807, 2.05) is 34.1 Å². The van der Waals surface area contributed by atoms with Gasteiger partial charge in [0.05, 0.1) is 34.8 Å². The Hall–Kier alpha value is -5.42. The van der Waals surface area contributed by atoms with Crippen LogP contribution in [0.1, 0.15) is 76.3 Å². The number of alkyl halides is 2. The minimum Gasteiger partial charge on any atom is -0.385 e. The zero-order valence-electron chi connectivity index (χ0n) is 32.9. The van der Waals surface area contributed by atoms with Crippen molar-refractivity contribution in [2.24, 2.45) is 17.1 Å². The molecular weight excluding hydrogens is 784 g/mol. The first-order chi connectivity index (χ1) is 28.2. The van der Waals surface area contributed by atoms with Gasteiger partial charge in [-0.3, -0.25) is 29.5 Å². The number of fused-ring (bicyclic) bond motifs is 2. The Morgan fingerprint density at radius 3 is 2.51 bits per heavy atom. The number of carbonyl (C=O) groups excluding carboxylic acids is 4. The number of hydrogen-bond donors (Lipinski definition) is 3. The number of nitrogens with two attached hydrogens (primary N) is 1. The highest BCUT2D eigenvalue weighted by Crippen LogP contribution is 2.53. The molecule has 9 rings (SSSR count). The molecule has 1 aliphatic carbocycles. The van der Waals surface area contributed by atoms with Gasteiger partial charge in [-0.1, -0.05) is 23.7 Å². The van der Waals surface area contributed by atoms with Crippen molar-refractivity contribution in [2.75, 3.05) is 61.4 Å². The summed E-state index contributed by atoms with van der Waals surface area (Å²) in [5.74, 6) is -4.30. The Morgan fingerprint density at radius 2 is 1.80 bits per heavy atom. The van der Waals surface area contributed by atoms with Crippen LogP contribution in [0.3, 0.4) is 0 Å². The number of rotatable bonds is 8. The first kappa shape index (κ1) is 39.1. The van der Waals surface area contributed by atoms with Crippen molar-refractivity contribution in [1.29, 1.82) is 0 Å². The SMILES string of the molecule is CNc1cc(N2CCc3c(CC4CCN(C5CC6(CCN(C(=O)c7cc(N8CCC(=O)NC8=O)c(Cl)c(C)n7)CC6)C5)CC4(F)F)cccc32)nn2c(C(N)=O)cnc12. The number of halogens is 3. The summed E-state index contributed by atoms with van der Waals surface area (Å²) in [6.07, 6.45) is 6.12. The van der Waals surface area contributed by atoms with E-state index in [9.17, 15) is 19.2 Å². The van der Waals surface area contributed by atoms with Gasteiger partial charge in [0.2, 0.25) is 5.91 Å². The van der Waals surface area contributed by atoms with Gasteiger partial charge in [0.25, 0.3) is 17.7 Å². The molecule has 4 aliphatic heterocycles. The lowest BCUT2D eigenvalue weighted by Gasteiger charge is -2.56. The van der Waals surface area contributed by atoms with Crippen LogP contribution in [0.25, 0.3) is 5.65 Å². The van der Waals surface area contributed by atoms with Gasteiger partial charge in [-0.2, -0.15) is 0 Å². The summed E-state index contributed by atoms with van der Waals surface area (Å²) in [6, 6.07) is 8.75. The molecule has 5 amide bonds. The number of carbonyl (C=O) groups is 4. The standard InChI is InChI=1S/C41H46ClF2N11O4/c1-23-35(42)31(54-13-8-34(56)49-39(54)59)17-29(48-23)38(58)51-14-9-40(10-15-51)19-26(20-40)52-11-6-25(41(43,44)22-52)16-24-4-3-5-30-27(24)7-12-53(30)33-18-28(46-2)37-47-21-32(36(45)57)55(37)50-33/h3-5,17-18,21,25-26,46H,6-16,19-20,22H2,1-2H3,(H2,45,57)(H,49,56,59). The topological polar surface area (TPSA) is 174 Å². The van der Waals surface area contributed by atoms with Gasteiger partial charge in [0.1, 0.15) is 11.4 Å². The van der Waals surface area contributed by atoms with Crippen molar-refractivity contribution in [3.63, 3.8) is 0 Å². The molecule has 3 saturated heterocycles. The maximum atomic E-state index is 16.1. The van der Waals surface area contributed by atoms with Crippen LogP contribution in [-0.2, 0) is 17.6 Å². The molecule has 59 heavy (non-hydrogen) atoms. The highest BCUT2D eigenvalue weighted by atomic mass is 35.5. The molecule has 0 radical (unpaired) electrons. The van der Waals surface area contributed by atoms with Crippen LogP contribution in [0.5, 0.6) is 0 Å². The van der Waals surface area contributed by atoms with Crippen LogP contribution in [0.15, 0.2) is 36.5 Å². The molecular formula is C41H46ClF2N11O4. The lowest BCUT2D eigenvalue weighted by molar-refractivity contribution is -0.143. The number of aromatic nitrogens is 4. The molecule has 0 bridgehead atoms. The number of nitrogens with one attached hydrogen (secondary N) is 2. The zero-order chi connectivity index (χ0) is 41.4. The summed E-state index contributed by atoms with van der Waals surface area (Å²) >= 11 is 6.51. The van der Waals surface area contributed by atoms with E-state index in [0.717, 1.165) is 42.5 Å². The van der Waals surface area contributed by atoms with E-state index < -0.39 is 23.8 Å². The Kier molecular flexibility index (Phi) is 9.73. The summed E-state index contributed by atoms with van der Waals surface area (Å²) in [6.45, 7) is 3.84. The van der Waals surface area contributed by atoms with E-state index in [2.05, 4.69) is 20.6 Å². The van der Waals surface area contributed by atoms with E-state index in [1.165, 1.54) is 21.7 Å². The van der Waals surface area contributed by atoms with Gasteiger partial charge in [-0.25, -0.2) is 28.1 Å². The normalized spacial score (nSPS) is 21.8. The molecule has 4 N–H and O–H groups in total.